The van der Waals surface area contributed by atoms with Crippen molar-refractivity contribution >= 4 is 27.8 Å². The van der Waals surface area contributed by atoms with E-state index in [1.807, 2.05) is 0 Å². The molecule has 0 saturated carbocycles. The molecule has 17 heavy (non-hydrogen) atoms. The molecule has 0 spiro atoms. The third-order valence-electron chi connectivity index (χ3n) is 2.37. The van der Waals surface area contributed by atoms with Crippen LogP contribution in [0.5, 0.6) is 0 Å². The van der Waals surface area contributed by atoms with Crippen LogP contribution in [0.15, 0.2) is 22.7 Å². The summed E-state index contributed by atoms with van der Waals surface area (Å²) in [6, 6.07) is 2.51. The Labute approximate surface area is 106 Å². The minimum Gasteiger partial charge on any atom is -0.479 e. The van der Waals surface area contributed by atoms with Gasteiger partial charge in [-0.25, -0.2) is 9.18 Å². The van der Waals surface area contributed by atoms with Gasteiger partial charge in [0.1, 0.15) is 5.82 Å². The number of rotatable bonds is 3. The molecule has 0 heterocycles. The average molecular weight is 304 g/mol. The molecular weight excluding hydrogens is 293 g/mol. The summed E-state index contributed by atoms with van der Waals surface area (Å²) in [6.07, 6.45) is 0. The highest BCUT2D eigenvalue weighted by Crippen LogP contribution is 2.28. The van der Waals surface area contributed by atoms with Crippen molar-refractivity contribution in [3.63, 3.8) is 0 Å². The Morgan fingerprint density at radius 2 is 2.06 bits per heavy atom. The number of halogens is 2. The minimum absolute atomic E-state index is 0.204. The van der Waals surface area contributed by atoms with Crippen molar-refractivity contribution in [1.29, 1.82) is 0 Å². The standard InChI is InChI=1S/C11H11BrFNO3/c1-6(15)14(2)10(11(16)17)8-5-7(13)3-4-9(8)12/h3-5,10H,1-2H3,(H,16,17). The summed E-state index contributed by atoms with van der Waals surface area (Å²) in [5, 5.41) is 9.12. The van der Waals surface area contributed by atoms with Crippen LogP contribution in [0, 0.1) is 5.82 Å². The molecule has 1 aromatic rings. The second-order valence-electron chi connectivity index (χ2n) is 3.54. The van der Waals surface area contributed by atoms with Gasteiger partial charge in [-0.15, -0.1) is 0 Å². The lowest BCUT2D eigenvalue weighted by atomic mass is 10.1. The molecule has 0 saturated heterocycles. The van der Waals surface area contributed by atoms with Crippen LogP contribution in [0.25, 0.3) is 0 Å². The van der Waals surface area contributed by atoms with Gasteiger partial charge in [-0.05, 0) is 18.2 Å². The molecule has 0 fully saturated rings. The molecule has 0 aliphatic rings. The predicted molar refractivity (Wildman–Crippen MR) is 62.9 cm³/mol. The van der Waals surface area contributed by atoms with Gasteiger partial charge < -0.3 is 10.0 Å². The molecule has 1 amide bonds. The molecule has 0 aliphatic carbocycles. The van der Waals surface area contributed by atoms with Crippen LogP contribution in [-0.2, 0) is 9.59 Å². The first kappa shape index (κ1) is 13.6. The Morgan fingerprint density at radius 3 is 2.53 bits per heavy atom. The smallest absolute Gasteiger partial charge is 0.331 e. The van der Waals surface area contributed by atoms with Crippen LogP contribution in [0.2, 0.25) is 0 Å². The second-order valence-corrected chi connectivity index (χ2v) is 4.39. The van der Waals surface area contributed by atoms with Crippen molar-refractivity contribution in [2.75, 3.05) is 7.05 Å². The molecule has 6 heteroatoms. The molecule has 0 aliphatic heterocycles. The molecule has 1 rings (SSSR count). The quantitative estimate of drug-likeness (QED) is 0.931. The van der Waals surface area contributed by atoms with E-state index in [9.17, 15) is 14.0 Å². The highest BCUT2D eigenvalue weighted by atomic mass is 79.9. The van der Waals surface area contributed by atoms with Crippen molar-refractivity contribution < 1.29 is 19.1 Å². The Hall–Kier alpha value is -1.43. The normalized spacial score (nSPS) is 12.0. The van der Waals surface area contributed by atoms with E-state index in [1.54, 1.807) is 0 Å². The number of carboxylic acids is 1. The largest absolute Gasteiger partial charge is 0.479 e. The van der Waals surface area contributed by atoms with E-state index < -0.39 is 23.7 Å². The minimum atomic E-state index is -1.21. The summed E-state index contributed by atoms with van der Waals surface area (Å²) in [5.74, 6) is -2.17. The van der Waals surface area contributed by atoms with E-state index in [0.717, 1.165) is 11.0 Å². The summed E-state index contributed by atoms with van der Waals surface area (Å²) in [7, 11) is 1.36. The van der Waals surface area contributed by atoms with Crippen LogP contribution < -0.4 is 0 Å². The molecule has 0 bridgehead atoms. The number of hydrogen-bond acceptors (Lipinski definition) is 2. The summed E-state index contributed by atoms with van der Waals surface area (Å²) in [5.41, 5.74) is 0.204. The summed E-state index contributed by atoms with van der Waals surface area (Å²) >= 11 is 3.15. The number of hydrogen-bond donors (Lipinski definition) is 1. The van der Waals surface area contributed by atoms with Crippen LogP contribution in [0.3, 0.4) is 0 Å². The van der Waals surface area contributed by atoms with Crippen LogP contribution in [0.1, 0.15) is 18.5 Å². The number of likely N-dealkylation sites (N-methyl/N-ethyl adjacent to an activating group) is 1. The molecule has 0 radical (unpaired) electrons. The number of aliphatic carboxylic acids is 1. The Balaban J connectivity index is 3.27. The maximum Gasteiger partial charge on any atom is 0.331 e. The average Bonchev–Trinajstić information content (AvgIpc) is 2.22. The van der Waals surface area contributed by atoms with Gasteiger partial charge in [0.2, 0.25) is 5.91 Å². The Bertz CT molecular complexity index is 464. The van der Waals surface area contributed by atoms with E-state index in [4.69, 9.17) is 5.11 Å². The summed E-state index contributed by atoms with van der Waals surface area (Å²) < 4.78 is 13.6. The van der Waals surface area contributed by atoms with Gasteiger partial charge in [0.05, 0.1) is 0 Å². The molecule has 1 unspecified atom stereocenters. The van der Waals surface area contributed by atoms with Crippen LogP contribution in [-0.4, -0.2) is 28.9 Å². The first-order chi connectivity index (χ1) is 7.84. The van der Waals surface area contributed by atoms with E-state index >= 15 is 0 Å². The zero-order valence-corrected chi connectivity index (χ0v) is 10.9. The lowest BCUT2D eigenvalue weighted by molar-refractivity contribution is -0.148. The second kappa shape index (κ2) is 5.27. The van der Waals surface area contributed by atoms with Gasteiger partial charge >= 0.3 is 5.97 Å². The van der Waals surface area contributed by atoms with Crippen molar-refractivity contribution in [2.45, 2.75) is 13.0 Å². The fourth-order valence-electron chi connectivity index (χ4n) is 1.41. The Kier molecular flexibility index (Phi) is 4.22. The van der Waals surface area contributed by atoms with Crippen molar-refractivity contribution in [3.8, 4) is 0 Å². The third kappa shape index (κ3) is 3.03. The summed E-state index contributed by atoms with van der Waals surface area (Å²) in [6.45, 7) is 1.25. The van der Waals surface area contributed by atoms with Gasteiger partial charge in [0, 0.05) is 24.0 Å². The van der Waals surface area contributed by atoms with E-state index in [2.05, 4.69) is 15.9 Å². The highest BCUT2D eigenvalue weighted by molar-refractivity contribution is 9.10. The first-order valence-electron chi connectivity index (χ1n) is 4.75. The van der Waals surface area contributed by atoms with Gasteiger partial charge in [-0.1, -0.05) is 15.9 Å². The lowest BCUT2D eigenvalue weighted by Crippen LogP contribution is -2.34. The maximum absolute atomic E-state index is 13.1. The topological polar surface area (TPSA) is 57.6 Å². The first-order valence-corrected chi connectivity index (χ1v) is 5.55. The third-order valence-corrected chi connectivity index (χ3v) is 3.09. The molecular formula is C11H11BrFNO3. The molecule has 1 atom stereocenters. The zero-order chi connectivity index (χ0) is 13.2. The van der Waals surface area contributed by atoms with Gasteiger partial charge in [0.15, 0.2) is 6.04 Å². The molecule has 1 N–H and O–H groups in total. The SMILES string of the molecule is CC(=O)N(C)C(C(=O)O)c1cc(F)ccc1Br. The maximum atomic E-state index is 13.1. The fraction of sp³-hybridized carbons (Fsp3) is 0.273. The highest BCUT2D eigenvalue weighted by Gasteiger charge is 2.28. The van der Waals surface area contributed by atoms with E-state index in [-0.39, 0.29) is 5.56 Å². The van der Waals surface area contributed by atoms with E-state index in [1.165, 1.54) is 26.1 Å². The molecule has 0 aromatic heterocycles. The van der Waals surface area contributed by atoms with Crippen molar-refractivity contribution in [3.05, 3.63) is 34.1 Å². The summed E-state index contributed by atoms with van der Waals surface area (Å²) in [4.78, 5) is 23.4. The Morgan fingerprint density at radius 1 is 1.47 bits per heavy atom. The van der Waals surface area contributed by atoms with Gasteiger partial charge in [0.25, 0.3) is 0 Å². The monoisotopic (exact) mass is 303 g/mol. The van der Waals surface area contributed by atoms with Crippen LogP contribution in [0.4, 0.5) is 4.39 Å². The lowest BCUT2D eigenvalue weighted by Gasteiger charge is -2.24. The number of nitrogens with zero attached hydrogens (tertiary/aromatic N) is 1. The van der Waals surface area contributed by atoms with Gasteiger partial charge in [-0.3, -0.25) is 4.79 Å². The van der Waals surface area contributed by atoms with Crippen molar-refractivity contribution in [1.82, 2.24) is 4.90 Å². The van der Waals surface area contributed by atoms with Crippen molar-refractivity contribution in [2.24, 2.45) is 0 Å². The number of carbonyl (C=O) groups excluding carboxylic acids is 1. The molecule has 92 valence electrons. The number of benzene rings is 1. The zero-order valence-electron chi connectivity index (χ0n) is 9.28. The molecule has 1 aromatic carbocycles. The fourth-order valence-corrected chi connectivity index (χ4v) is 1.88. The van der Waals surface area contributed by atoms with E-state index in [0.29, 0.717) is 4.47 Å². The van der Waals surface area contributed by atoms with Crippen LogP contribution >= 0.6 is 15.9 Å². The predicted octanol–water partition coefficient (Wildman–Crippen LogP) is 2.19. The molecule has 4 nitrogen and oxygen atoms in total. The number of carbonyl (C=O) groups is 2. The van der Waals surface area contributed by atoms with Gasteiger partial charge in [-0.2, -0.15) is 0 Å². The number of amides is 1. The number of carboxylic acid groups (broad SMARTS) is 1.